The summed E-state index contributed by atoms with van der Waals surface area (Å²) < 4.78 is 0. The van der Waals surface area contributed by atoms with E-state index in [0.717, 1.165) is 24.6 Å². The summed E-state index contributed by atoms with van der Waals surface area (Å²) in [4.78, 5) is 8.24. The van der Waals surface area contributed by atoms with E-state index in [0.29, 0.717) is 6.04 Å². The summed E-state index contributed by atoms with van der Waals surface area (Å²) >= 11 is 0. The second kappa shape index (κ2) is 5.65. The second-order valence-corrected chi connectivity index (χ2v) is 4.05. The lowest BCUT2D eigenvalue weighted by molar-refractivity contribution is 0.574. The molecule has 1 aromatic rings. The van der Waals surface area contributed by atoms with Crippen LogP contribution in [0, 0.1) is 0 Å². The fraction of sp³-hybridized carbons (Fsp3) is 0.636. The van der Waals surface area contributed by atoms with E-state index < -0.39 is 0 Å². The molecular formula is C11H19N5. The highest BCUT2D eigenvalue weighted by atomic mass is 15.1. The van der Waals surface area contributed by atoms with Gasteiger partial charge in [0.15, 0.2) is 0 Å². The number of aromatic nitrogens is 2. The fourth-order valence-corrected chi connectivity index (χ4v) is 1.97. The Morgan fingerprint density at radius 1 is 1.44 bits per heavy atom. The predicted octanol–water partition coefficient (Wildman–Crippen LogP) is 1.07. The molecule has 0 spiro atoms. The molecule has 0 aromatic carbocycles. The van der Waals surface area contributed by atoms with Gasteiger partial charge in [0.05, 0.1) is 0 Å². The van der Waals surface area contributed by atoms with Gasteiger partial charge in [0.1, 0.15) is 18.0 Å². The summed E-state index contributed by atoms with van der Waals surface area (Å²) in [5.41, 5.74) is 0. The highest BCUT2D eigenvalue weighted by molar-refractivity contribution is 5.45. The van der Waals surface area contributed by atoms with Crippen molar-refractivity contribution in [2.24, 2.45) is 0 Å². The topological polar surface area (TPSA) is 61.9 Å². The molecule has 0 saturated carbocycles. The Hall–Kier alpha value is -1.36. The average Bonchev–Trinajstić information content (AvgIpc) is 2.82. The fourth-order valence-electron chi connectivity index (χ4n) is 1.97. The van der Waals surface area contributed by atoms with Crippen LogP contribution in [0.15, 0.2) is 12.4 Å². The van der Waals surface area contributed by atoms with Crippen molar-refractivity contribution in [3.63, 3.8) is 0 Å². The second-order valence-electron chi connectivity index (χ2n) is 4.05. The molecule has 1 saturated heterocycles. The van der Waals surface area contributed by atoms with Gasteiger partial charge < -0.3 is 16.0 Å². The van der Waals surface area contributed by atoms with Gasteiger partial charge >= 0.3 is 0 Å². The van der Waals surface area contributed by atoms with Crippen LogP contribution in [-0.2, 0) is 0 Å². The Bertz CT molecular complexity index is 322. The lowest BCUT2D eigenvalue weighted by Gasteiger charge is -2.11. The minimum atomic E-state index is 0.679. The van der Waals surface area contributed by atoms with Gasteiger partial charge in [-0.05, 0) is 25.8 Å². The van der Waals surface area contributed by atoms with Crippen molar-refractivity contribution >= 4 is 11.6 Å². The first-order valence-electron chi connectivity index (χ1n) is 5.85. The SMILES string of the molecule is CNc1cc(NCCC2CCCN2)ncn1. The molecule has 0 radical (unpaired) electrons. The van der Waals surface area contributed by atoms with E-state index in [1.165, 1.54) is 19.4 Å². The molecule has 1 aromatic heterocycles. The summed E-state index contributed by atoms with van der Waals surface area (Å²) in [5.74, 6) is 1.73. The number of hydrogen-bond acceptors (Lipinski definition) is 5. The number of nitrogens with zero attached hydrogens (tertiary/aromatic N) is 2. The van der Waals surface area contributed by atoms with Crippen molar-refractivity contribution in [3.8, 4) is 0 Å². The van der Waals surface area contributed by atoms with Crippen LogP contribution >= 0.6 is 0 Å². The summed E-state index contributed by atoms with van der Waals surface area (Å²) in [6.45, 7) is 2.12. The zero-order chi connectivity index (χ0) is 11.2. The molecule has 5 heteroatoms. The van der Waals surface area contributed by atoms with Gasteiger partial charge in [-0.25, -0.2) is 9.97 Å². The monoisotopic (exact) mass is 221 g/mol. The molecule has 2 rings (SSSR count). The predicted molar refractivity (Wildman–Crippen MR) is 65.7 cm³/mol. The van der Waals surface area contributed by atoms with Crippen LogP contribution in [0.4, 0.5) is 11.6 Å². The van der Waals surface area contributed by atoms with Crippen molar-refractivity contribution in [2.45, 2.75) is 25.3 Å². The van der Waals surface area contributed by atoms with Crippen LogP contribution in [0.25, 0.3) is 0 Å². The molecule has 88 valence electrons. The van der Waals surface area contributed by atoms with Crippen molar-refractivity contribution < 1.29 is 0 Å². The number of rotatable bonds is 5. The number of anilines is 2. The molecular weight excluding hydrogens is 202 g/mol. The molecule has 2 heterocycles. The minimum Gasteiger partial charge on any atom is -0.373 e. The Balaban J connectivity index is 1.75. The maximum Gasteiger partial charge on any atom is 0.131 e. The summed E-state index contributed by atoms with van der Waals surface area (Å²) in [7, 11) is 1.86. The molecule has 0 aliphatic carbocycles. The molecule has 0 bridgehead atoms. The van der Waals surface area contributed by atoms with E-state index in [1.807, 2.05) is 13.1 Å². The maximum absolute atomic E-state index is 4.17. The van der Waals surface area contributed by atoms with Gasteiger partial charge in [-0.15, -0.1) is 0 Å². The normalized spacial score (nSPS) is 19.7. The van der Waals surface area contributed by atoms with Crippen LogP contribution in [0.2, 0.25) is 0 Å². The minimum absolute atomic E-state index is 0.679. The Morgan fingerprint density at radius 3 is 3.06 bits per heavy atom. The van der Waals surface area contributed by atoms with Crippen LogP contribution in [0.5, 0.6) is 0 Å². The Kier molecular flexibility index (Phi) is 3.93. The van der Waals surface area contributed by atoms with E-state index in [2.05, 4.69) is 25.9 Å². The zero-order valence-corrected chi connectivity index (χ0v) is 9.66. The highest BCUT2D eigenvalue weighted by Crippen LogP contribution is 2.10. The first kappa shape index (κ1) is 11.1. The molecule has 1 unspecified atom stereocenters. The molecule has 0 amide bonds. The van der Waals surface area contributed by atoms with E-state index in [9.17, 15) is 0 Å². The number of hydrogen-bond donors (Lipinski definition) is 3. The quantitative estimate of drug-likeness (QED) is 0.694. The van der Waals surface area contributed by atoms with E-state index in [-0.39, 0.29) is 0 Å². The Labute approximate surface area is 96.1 Å². The van der Waals surface area contributed by atoms with Crippen molar-refractivity contribution in [2.75, 3.05) is 30.8 Å². The molecule has 16 heavy (non-hydrogen) atoms. The lowest BCUT2D eigenvalue weighted by Crippen LogP contribution is -2.24. The van der Waals surface area contributed by atoms with Gasteiger partial charge in [-0.1, -0.05) is 0 Å². The molecule has 5 nitrogen and oxygen atoms in total. The smallest absolute Gasteiger partial charge is 0.131 e. The third-order valence-electron chi connectivity index (χ3n) is 2.88. The van der Waals surface area contributed by atoms with E-state index in [1.54, 1.807) is 6.33 Å². The van der Waals surface area contributed by atoms with Crippen LogP contribution < -0.4 is 16.0 Å². The summed E-state index contributed by atoms with van der Waals surface area (Å²) in [5, 5.41) is 9.79. The lowest BCUT2D eigenvalue weighted by atomic mass is 10.1. The summed E-state index contributed by atoms with van der Waals surface area (Å²) in [6, 6.07) is 2.60. The standard InChI is InChI=1S/C11H19N5/c1-12-10-7-11(16-8-15-10)14-6-4-9-3-2-5-13-9/h7-9,13H,2-6H2,1H3,(H2,12,14,15,16). The van der Waals surface area contributed by atoms with E-state index in [4.69, 9.17) is 0 Å². The third-order valence-corrected chi connectivity index (χ3v) is 2.88. The maximum atomic E-state index is 4.17. The van der Waals surface area contributed by atoms with Gasteiger partial charge in [0.25, 0.3) is 0 Å². The Morgan fingerprint density at radius 2 is 2.31 bits per heavy atom. The van der Waals surface area contributed by atoms with Crippen molar-refractivity contribution in [1.82, 2.24) is 15.3 Å². The van der Waals surface area contributed by atoms with Gasteiger partial charge in [0, 0.05) is 25.7 Å². The van der Waals surface area contributed by atoms with E-state index >= 15 is 0 Å². The highest BCUT2D eigenvalue weighted by Gasteiger charge is 2.12. The molecule has 1 aliphatic rings. The van der Waals surface area contributed by atoms with Gasteiger partial charge in [-0.3, -0.25) is 0 Å². The van der Waals surface area contributed by atoms with Crippen molar-refractivity contribution in [3.05, 3.63) is 12.4 Å². The molecule has 1 aliphatic heterocycles. The van der Waals surface area contributed by atoms with Crippen LogP contribution in [0.3, 0.4) is 0 Å². The third kappa shape index (κ3) is 3.06. The van der Waals surface area contributed by atoms with Crippen LogP contribution in [-0.4, -0.2) is 36.1 Å². The molecule has 3 N–H and O–H groups in total. The van der Waals surface area contributed by atoms with Gasteiger partial charge in [0.2, 0.25) is 0 Å². The number of nitrogens with one attached hydrogen (secondary N) is 3. The van der Waals surface area contributed by atoms with Crippen LogP contribution in [0.1, 0.15) is 19.3 Å². The first-order chi connectivity index (χ1) is 7.88. The first-order valence-corrected chi connectivity index (χ1v) is 5.85. The molecule has 1 fully saturated rings. The van der Waals surface area contributed by atoms with Gasteiger partial charge in [-0.2, -0.15) is 0 Å². The molecule has 1 atom stereocenters. The average molecular weight is 221 g/mol. The largest absolute Gasteiger partial charge is 0.373 e. The summed E-state index contributed by atoms with van der Waals surface area (Å²) in [6.07, 6.45) is 5.33. The van der Waals surface area contributed by atoms with Crippen molar-refractivity contribution in [1.29, 1.82) is 0 Å². The zero-order valence-electron chi connectivity index (χ0n) is 9.66.